The van der Waals surface area contributed by atoms with Gasteiger partial charge in [-0.15, -0.1) is 0 Å². The predicted molar refractivity (Wildman–Crippen MR) is 163 cm³/mol. The number of nitrogens with zero attached hydrogens (tertiary/aromatic N) is 1. The Morgan fingerprint density at radius 3 is 2.10 bits per heavy atom. The summed E-state index contributed by atoms with van der Waals surface area (Å²) in [6.07, 6.45) is 23.7. The second-order valence-corrected chi connectivity index (χ2v) is 13.5. The van der Waals surface area contributed by atoms with E-state index in [0.29, 0.717) is 26.1 Å². The Balaban J connectivity index is 1.43. The van der Waals surface area contributed by atoms with Crippen molar-refractivity contribution in [3.05, 3.63) is 17.1 Å². The van der Waals surface area contributed by atoms with Crippen LogP contribution in [0.2, 0.25) is 0 Å². The fourth-order valence-corrected chi connectivity index (χ4v) is 6.44. The number of hydrogen-bond donors (Lipinski definition) is 2. The maximum atomic E-state index is 12.3. The van der Waals surface area contributed by atoms with Crippen LogP contribution in [0.3, 0.4) is 0 Å². The number of rotatable bonds is 26. The number of unbranched alkanes of at least 4 members (excludes halogenated alkanes) is 15. The van der Waals surface area contributed by atoms with E-state index in [1.807, 2.05) is 21.7 Å². The minimum absolute atomic E-state index is 0.0391. The Morgan fingerprint density at radius 1 is 0.951 bits per heavy atom. The first-order valence-corrected chi connectivity index (χ1v) is 18.5. The highest BCUT2D eigenvalue weighted by Crippen LogP contribution is 2.45. The fraction of sp³-hybridized carbons (Fsp3) is 0.867. The molecule has 2 rings (SSSR count). The van der Waals surface area contributed by atoms with Gasteiger partial charge in [-0.25, -0.2) is 9.36 Å². The third-order valence-corrected chi connectivity index (χ3v) is 9.21. The molecule has 2 atom stereocenters. The molecule has 238 valence electrons. The lowest BCUT2D eigenvalue weighted by Gasteiger charge is -2.28. The lowest BCUT2D eigenvalue weighted by molar-refractivity contribution is -0.693. The molecule has 9 nitrogen and oxygen atoms in total. The molecule has 0 saturated carbocycles. The maximum Gasteiger partial charge on any atom is 0.472 e. The van der Waals surface area contributed by atoms with Crippen molar-refractivity contribution in [1.29, 1.82) is 0 Å². The summed E-state index contributed by atoms with van der Waals surface area (Å²) in [6.45, 7) is 3.60. The number of aromatic nitrogens is 1. The van der Waals surface area contributed by atoms with Crippen LogP contribution in [0.4, 0.5) is 4.79 Å². The van der Waals surface area contributed by atoms with Gasteiger partial charge in [0.15, 0.2) is 12.7 Å². The van der Waals surface area contributed by atoms with Gasteiger partial charge in [0.25, 0.3) is 0 Å². The van der Waals surface area contributed by atoms with Crippen molar-refractivity contribution in [2.45, 2.75) is 135 Å². The monoisotopic (exact) mass is 619 g/mol. The molecule has 2 N–H and O–H groups in total. The van der Waals surface area contributed by atoms with E-state index in [0.717, 1.165) is 19.3 Å². The molecule has 1 saturated heterocycles. The summed E-state index contributed by atoms with van der Waals surface area (Å²) >= 11 is 1.53. The number of nitrogens with one attached hydrogen (secondary N) is 1. The predicted octanol–water partition coefficient (Wildman–Crippen LogP) is 7.71. The van der Waals surface area contributed by atoms with Gasteiger partial charge in [-0.2, -0.15) is 4.57 Å². The Morgan fingerprint density at radius 2 is 1.56 bits per heavy atom. The topological polar surface area (TPSA) is 107 Å². The Labute approximate surface area is 252 Å². The van der Waals surface area contributed by atoms with E-state index in [1.54, 1.807) is 0 Å². The van der Waals surface area contributed by atoms with Gasteiger partial charge in [-0.05, 0) is 19.3 Å². The standard InChI is InChI=1S/C30H55N2O7PS/c1-2-3-4-5-6-7-8-9-10-11-12-13-14-15-16-17-20-31-29(33)36-26-30(19-18-23-37-30)27-39-40(34,35)38-24-21-32-22-25-41-28-32/h22,25,28H,2-21,23-24,26-27H2,1H3,(H-,31,33,34,35)/p+1/t30-/m0/s1. The van der Waals surface area contributed by atoms with Crippen LogP contribution in [0.25, 0.3) is 0 Å². The minimum atomic E-state index is -4.25. The fourth-order valence-electron chi connectivity index (χ4n) is 5.02. The highest BCUT2D eigenvalue weighted by Gasteiger charge is 2.40. The van der Waals surface area contributed by atoms with E-state index < -0.39 is 19.5 Å². The Kier molecular flexibility index (Phi) is 19.8. The zero-order chi connectivity index (χ0) is 29.5. The second kappa shape index (κ2) is 22.5. The molecule has 1 amide bonds. The summed E-state index contributed by atoms with van der Waals surface area (Å²) in [4.78, 5) is 22.2. The van der Waals surface area contributed by atoms with E-state index in [1.165, 1.54) is 101 Å². The van der Waals surface area contributed by atoms with Gasteiger partial charge in [0.2, 0.25) is 5.51 Å². The van der Waals surface area contributed by atoms with Crippen molar-refractivity contribution in [1.82, 2.24) is 5.32 Å². The van der Waals surface area contributed by atoms with Crippen molar-refractivity contribution in [3.63, 3.8) is 0 Å². The van der Waals surface area contributed by atoms with Gasteiger partial charge in [-0.1, -0.05) is 115 Å². The minimum Gasteiger partial charge on any atom is -0.446 e. The molecule has 2 heterocycles. The number of ether oxygens (including phenoxy) is 2. The first-order valence-electron chi connectivity index (χ1n) is 16.0. The van der Waals surface area contributed by atoms with E-state index >= 15 is 0 Å². The number of alkyl carbamates (subject to hydrolysis) is 1. The number of phosphoric ester groups is 1. The van der Waals surface area contributed by atoms with E-state index in [2.05, 4.69) is 12.2 Å². The quantitative estimate of drug-likeness (QED) is 0.0621. The smallest absolute Gasteiger partial charge is 0.446 e. The molecule has 1 aliphatic rings. The lowest BCUT2D eigenvalue weighted by atomic mass is 10.0. The van der Waals surface area contributed by atoms with Gasteiger partial charge in [0.1, 0.15) is 18.8 Å². The van der Waals surface area contributed by atoms with Crippen LogP contribution >= 0.6 is 19.2 Å². The molecule has 0 aromatic carbocycles. The van der Waals surface area contributed by atoms with Crippen LogP contribution in [0.15, 0.2) is 17.1 Å². The number of hydrogen-bond acceptors (Lipinski definition) is 7. The van der Waals surface area contributed by atoms with E-state index in [-0.39, 0.29) is 19.8 Å². The summed E-state index contributed by atoms with van der Waals surface area (Å²) < 4.78 is 35.6. The van der Waals surface area contributed by atoms with Crippen molar-refractivity contribution in [3.8, 4) is 0 Å². The maximum absolute atomic E-state index is 12.3. The first kappa shape index (κ1) is 36.2. The summed E-state index contributed by atoms with van der Waals surface area (Å²) in [5.41, 5.74) is 0.951. The molecule has 41 heavy (non-hydrogen) atoms. The SMILES string of the molecule is CCCCCCCCCCCCCCCCCCNC(=O)OC[C@]1(COP(=O)(O)OCC[n+]2ccsc2)CCCO1. The lowest BCUT2D eigenvalue weighted by Crippen LogP contribution is -2.41. The molecular weight excluding hydrogens is 563 g/mol. The van der Waals surface area contributed by atoms with Gasteiger partial charge in [0.05, 0.1) is 12.0 Å². The molecule has 0 aliphatic carbocycles. The van der Waals surface area contributed by atoms with Crippen molar-refractivity contribution in [2.75, 3.05) is 33.0 Å². The van der Waals surface area contributed by atoms with E-state index in [4.69, 9.17) is 18.5 Å². The molecule has 0 bridgehead atoms. The van der Waals surface area contributed by atoms with Crippen molar-refractivity contribution in [2.24, 2.45) is 0 Å². The van der Waals surface area contributed by atoms with Crippen LogP contribution in [0, 0.1) is 0 Å². The van der Waals surface area contributed by atoms with Crippen molar-refractivity contribution >= 4 is 25.3 Å². The number of amides is 1. The number of carbonyl (C=O) groups excluding carboxylic acids is 1. The number of carbonyl (C=O) groups is 1. The summed E-state index contributed by atoms with van der Waals surface area (Å²) in [7, 11) is -4.25. The molecule has 1 fully saturated rings. The molecule has 0 spiro atoms. The van der Waals surface area contributed by atoms with E-state index in [9.17, 15) is 14.3 Å². The first-order chi connectivity index (χ1) is 19.9. The largest absolute Gasteiger partial charge is 0.472 e. The molecule has 1 unspecified atom stereocenters. The number of thiazole rings is 1. The summed E-state index contributed by atoms with van der Waals surface area (Å²) in [5.74, 6) is 0. The molecular formula is C30H56N2O7PS+. The zero-order valence-electron chi connectivity index (χ0n) is 25.4. The van der Waals surface area contributed by atoms with Crippen LogP contribution in [0.1, 0.15) is 122 Å². The Hall–Kier alpha value is -1.03. The van der Waals surface area contributed by atoms with Gasteiger partial charge < -0.3 is 19.7 Å². The molecule has 11 heteroatoms. The molecule has 1 aliphatic heterocycles. The van der Waals surface area contributed by atoms with Crippen LogP contribution < -0.4 is 9.88 Å². The highest BCUT2D eigenvalue weighted by atomic mass is 32.1. The third-order valence-electron chi connectivity index (χ3n) is 7.57. The van der Waals surface area contributed by atoms with Crippen LogP contribution in [0.5, 0.6) is 0 Å². The average molecular weight is 620 g/mol. The zero-order valence-corrected chi connectivity index (χ0v) is 27.1. The Bertz CT molecular complexity index is 822. The molecule has 1 aromatic heterocycles. The average Bonchev–Trinajstić information content (AvgIpc) is 3.66. The third kappa shape index (κ3) is 18.3. The summed E-state index contributed by atoms with van der Waals surface area (Å²) in [5, 5.41) is 4.71. The normalized spacial score (nSPS) is 18.4. The summed E-state index contributed by atoms with van der Waals surface area (Å²) in [6, 6.07) is 0. The second-order valence-electron chi connectivity index (χ2n) is 11.3. The van der Waals surface area contributed by atoms with Gasteiger partial charge in [-0.3, -0.25) is 9.05 Å². The molecule has 1 aromatic rings. The molecule has 0 radical (unpaired) electrons. The van der Waals surface area contributed by atoms with Gasteiger partial charge >= 0.3 is 13.9 Å². The van der Waals surface area contributed by atoms with Crippen molar-refractivity contribution < 1.29 is 37.3 Å². The number of phosphoric acid groups is 1. The van der Waals surface area contributed by atoms with Crippen LogP contribution in [-0.2, 0) is 29.6 Å². The van der Waals surface area contributed by atoms with Gasteiger partial charge in [0, 0.05) is 13.2 Å². The highest BCUT2D eigenvalue weighted by molar-refractivity contribution is 7.47. The van der Waals surface area contributed by atoms with Crippen LogP contribution in [-0.4, -0.2) is 49.6 Å².